The second-order valence-corrected chi connectivity index (χ2v) is 9.36. The van der Waals surface area contributed by atoms with Gasteiger partial charge in [0, 0.05) is 36.8 Å². The standard InChI is InChI=1S/C21H19ClFN3O3S/c22-15-5-1-3-11(16(15)23)7-13-8-24-20(30-13)14-10-25-9-12-4-2-6-26(12)21(29)17(25)19(28)18(14)27/h5,8,10,12,28H,1-4,6-7,9H2. The number of allylic oxidation sites excluding steroid dienone is 4. The van der Waals surface area contributed by atoms with E-state index in [1.807, 2.05) is 0 Å². The number of aromatic hydroxyl groups is 1. The van der Waals surface area contributed by atoms with Crippen LogP contribution in [0.15, 0.2) is 39.7 Å². The van der Waals surface area contributed by atoms with Gasteiger partial charge in [-0.05, 0) is 31.3 Å². The van der Waals surface area contributed by atoms with Crippen molar-refractivity contribution in [2.45, 2.75) is 44.7 Å². The van der Waals surface area contributed by atoms with Crippen molar-refractivity contribution in [3.8, 4) is 16.3 Å². The third-order valence-corrected chi connectivity index (χ3v) is 7.32. The third kappa shape index (κ3) is 3.09. The van der Waals surface area contributed by atoms with E-state index in [0.717, 1.165) is 17.7 Å². The minimum atomic E-state index is -0.609. The zero-order valence-electron chi connectivity index (χ0n) is 16.0. The average Bonchev–Trinajstić information content (AvgIpc) is 3.38. The highest BCUT2D eigenvalue weighted by Gasteiger charge is 2.38. The highest BCUT2D eigenvalue weighted by atomic mass is 35.5. The van der Waals surface area contributed by atoms with Crippen LogP contribution in [0.25, 0.3) is 10.6 Å². The lowest BCUT2D eigenvalue weighted by Crippen LogP contribution is -2.45. The monoisotopic (exact) mass is 447 g/mol. The summed E-state index contributed by atoms with van der Waals surface area (Å²) < 4.78 is 15.9. The van der Waals surface area contributed by atoms with Crippen molar-refractivity contribution in [1.82, 2.24) is 14.5 Å². The maximum atomic E-state index is 14.2. The zero-order valence-corrected chi connectivity index (χ0v) is 17.6. The number of carbonyl (C=O) groups excluding carboxylic acids is 1. The van der Waals surface area contributed by atoms with E-state index in [2.05, 4.69) is 4.98 Å². The summed E-state index contributed by atoms with van der Waals surface area (Å²) in [6.45, 7) is 1.20. The largest absolute Gasteiger partial charge is 0.503 e. The number of nitrogens with zero attached hydrogens (tertiary/aromatic N) is 3. The number of rotatable bonds is 3. The number of thiazole rings is 1. The number of hydrogen-bond donors (Lipinski definition) is 1. The first-order valence-corrected chi connectivity index (χ1v) is 11.1. The van der Waals surface area contributed by atoms with Gasteiger partial charge in [0.25, 0.3) is 5.91 Å². The van der Waals surface area contributed by atoms with Crippen LogP contribution in [0.2, 0.25) is 0 Å². The Hall–Kier alpha value is -2.45. The first kappa shape index (κ1) is 19.5. The summed E-state index contributed by atoms with van der Waals surface area (Å²) in [6.07, 6.45) is 8.40. The minimum Gasteiger partial charge on any atom is -0.503 e. The molecule has 1 unspecified atom stereocenters. The van der Waals surface area contributed by atoms with Crippen LogP contribution >= 0.6 is 22.9 Å². The molecule has 2 aromatic heterocycles. The van der Waals surface area contributed by atoms with E-state index in [0.29, 0.717) is 42.9 Å². The van der Waals surface area contributed by atoms with E-state index in [1.54, 1.807) is 27.9 Å². The third-order valence-electron chi connectivity index (χ3n) is 5.97. The maximum Gasteiger partial charge on any atom is 0.274 e. The lowest BCUT2D eigenvalue weighted by atomic mass is 10.0. The quantitative estimate of drug-likeness (QED) is 0.772. The van der Waals surface area contributed by atoms with E-state index in [4.69, 9.17) is 11.6 Å². The summed E-state index contributed by atoms with van der Waals surface area (Å²) in [5.74, 6) is -1.21. The molecule has 1 saturated heterocycles. The molecule has 6 nitrogen and oxygen atoms in total. The molecule has 30 heavy (non-hydrogen) atoms. The average molecular weight is 448 g/mol. The summed E-state index contributed by atoms with van der Waals surface area (Å²) in [5.41, 5.74) is 0.314. The van der Waals surface area contributed by atoms with Crippen LogP contribution in [0.5, 0.6) is 5.75 Å². The molecule has 1 amide bonds. The van der Waals surface area contributed by atoms with E-state index in [9.17, 15) is 19.1 Å². The van der Waals surface area contributed by atoms with Crippen LogP contribution in [0, 0.1) is 0 Å². The molecule has 0 radical (unpaired) electrons. The predicted octanol–water partition coefficient (Wildman–Crippen LogP) is 3.98. The smallest absolute Gasteiger partial charge is 0.274 e. The zero-order chi connectivity index (χ0) is 21.0. The molecule has 3 aliphatic rings. The molecule has 156 valence electrons. The van der Waals surface area contributed by atoms with Crippen molar-refractivity contribution < 1.29 is 14.3 Å². The number of amides is 1. The molecule has 0 spiro atoms. The SMILES string of the molecule is O=C1c2c(O)c(=O)c(-c3ncc(CC4=C(F)C(Cl)=CCC4)s3)cn2CC2CCCN12. The normalized spacial score (nSPS) is 21.0. The van der Waals surface area contributed by atoms with Crippen LogP contribution in [0.4, 0.5) is 4.39 Å². The van der Waals surface area contributed by atoms with Gasteiger partial charge in [0.2, 0.25) is 5.43 Å². The van der Waals surface area contributed by atoms with Gasteiger partial charge < -0.3 is 14.6 Å². The van der Waals surface area contributed by atoms with Gasteiger partial charge in [0.05, 0.1) is 16.6 Å². The van der Waals surface area contributed by atoms with Gasteiger partial charge in [-0.25, -0.2) is 9.37 Å². The molecule has 1 aliphatic carbocycles. The molecular weight excluding hydrogens is 429 g/mol. The van der Waals surface area contributed by atoms with Gasteiger partial charge in [-0.1, -0.05) is 17.7 Å². The lowest BCUT2D eigenvalue weighted by molar-refractivity contribution is 0.0661. The fourth-order valence-corrected chi connectivity index (χ4v) is 5.66. The Morgan fingerprint density at radius 1 is 1.37 bits per heavy atom. The van der Waals surface area contributed by atoms with Gasteiger partial charge >= 0.3 is 0 Å². The lowest BCUT2D eigenvalue weighted by Gasteiger charge is -2.32. The highest BCUT2D eigenvalue weighted by Crippen LogP contribution is 2.35. The molecule has 1 fully saturated rings. The van der Waals surface area contributed by atoms with Gasteiger partial charge in [0.15, 0.2) is 11.4 Å². The number of halogens is 2. The molecule has 9 heteroatoms. The summed E-state index contributed by atoms with van der Waals surface area (Å²) in [5, 5.41) is 11.1. The first-order valence-electron chi connectivity index (χ1n) is 9.90. The molecule has 4 heterocycles. The first-order chi connectivity index (χ1) is 14.4. The number of pyridine rings is 1. The van der Waals surface area contributed by atoms with E-state index < -0.39 is 11.2 Å². The van der Waals surface area contributed by atoms with Crippen molar-refractivity contribution in [3.63, 3.8) is 0 Å². The molecule has 1 N–H and O–H groups in total. The van der Waals surface area contributed by atoms with Gasteiger partial charge in [-0.3, -0.25) is 9.59 Å². The Kier molecular flexibility index (Phi) is 4.78. The second-order valence-electron chi connectivity index (χ2n) is 7.83. The molecule has 2 aromatic rings. The predicted molar refractivity (Wildman–Crippen MR) is 113 cm³/mol. The number of fused-ring (bicyclic) bond motifs is 2. The van der Waals surface area contributed by atoms with Crippen molar-refractivity contribution in [2.24, 2.45) is 0 Å². The number of carbonyl (C=O) groups is 1. The fourth-order valence-electron chi connectivity index (χ4n) is 4.46. The van der Waals surface area contributed by atoms with Crippen LogP contribution < -0.4 is 5.43 Å². The minimum absolute atomic E-state index is 0.0505. The van der Waals surface area contributed by atoms with Gasteiger partial charge in [-0.2, -0.15) is 0 Å². The molecule has 1 atom stereocenters. The van der Waals surface area contributed by atoms with Crippen LogP contribution in [0.1, 0.15) is 41.0 Å². The van der Waals surface area contributed by atoms with Crippen LogP contribution in [-0.2, 0) is 13.0 Å². The van der Waals surface area contributed by atoms with E-state index in [1.165, 1.54) is 11.3 Å². The number of aromatic nitrogens is 2. The molecule has 0 saturated carbocycles. The van der Waals surface area contributed by atoms with Crippen molar-refractivity contribution in [2.75, 3.05) is 6.54 Å². The van der Waals surface area contributed by atoms with Crippen LogP contribution in [-0.4, -0.2) is 38.1 Å². The van der Waals surface area contributed by atoms with E-state index >= 15 is 0 Å². The fraction of sp³-hybridized carbons (Fsp3) is 0.381. The Morgan fingerprint density at radius 2 is 2.20 bits per heavy atom. The Labute approximate surface area is 180 Å². The van der Waals surface area contributed by atoms with Crippen molar-refractivity contribution in [3.05, 3.63) is 55.7 Å². The topological polar surface area (TPSA) is 75.4 Å². The van der Waals surface area contributed by atoms with Crippen molar-refractivity contribution >= 4 is 28.8 Å². The molecule has 5 rings (SSSR count). The molecule has 0 bridgehead atoms. The summed E-state index contributed by atoms with van der Waals surface area (Å²) >= 11 is 7.18. The van der Waals surface area contributed by atoms with Crippen LogP contribution in [0.3, 0.4) is 0 Å². The molecule has 0 aromatic carbocycles. The van der Waals surface area contributed by atoms with E-state index in [-0.39, 0.29) is 34.1 Å². The summed E-state index contributed by atoms with van der Waals surface area (Å²) in [4.78, 5) is 32.4. The number of hydrogen-bond acceptors (Lipinski definition) is 5. The van der Waals surface area contributed by atoms with Crippen molar-refractivity contribution in [1.29, 1.82) is 0 Å². The Morgan fingerprint density at radius 3 is 3.03 bits per heavy atom. The summed E-state index contributed by atoms with van der Waals surface area (Å²) in [7, 11) is 0. The highest BCUT2D eigenvalue weighted by molar-refractivity contribution is 7.15. The van der Waals surface area contributed by atoms with Gasteiger partial charge in [-0.15, -0.1) is 11.3 Å². The summed E-state index contributed by atoms with van der Waals surface area (Å²) in [6, 6.07) is 0.0885. The van der Waals surface area contributed by atoms with Gasteiger partial charge in [0.1, 0.15) is 10.8 Å². The second kappa shape index (κ2) is 7.35. The maximum absolute atomic E-state index is 14.2. The Balaban J connectivity index is 1.50. The Bertz CT molecular complexity index is 1180. The molecule has 2 aliphatic heterocycles. The molecular formula is C21H19ClFN3O3S.